The van der Waals surface area contributed by atoms with Crippen molar-refractivity contribution in [2.45, 2.75) is 19.4 Å². The molecule has 2 heterocycles. The number of imidazole rings is 1. The van der Waals surface area contributed by atoms with Gasteiger partial charge in [-0.15, -0.1) is 0 Å². The molecule has 0 saturated carbocycles. The zero-order chi connectivity index (χ0) is 10.8. The summed E-state index contributed by atoms with van der Waals surface area (Å²) < 4.78 is 2.10. The first-order valence-corrected chi connectivity index (χ1v) is 5.73. The van der Waals surface area contributed by atoms with E-state index in [9.17, 15) is 0 Å². The summed E-state index contributed by atoms with van der Waals surface area (Å²) in [5, 5.41) is 3.43. The van der Waals surface area contributed by atoms with Crippen LogP contribution in [0.5, 0.6) is 0 Å². The van der Waals surface area contributed by atoms with E-state index in [0.29, 0.717) is 0 Å². The van der Waals surface area contributed by atoms with Crippen LogP contribution in [0, 0.1) is 0 Å². The molecule has 16 heavy (non-hydrogen) atoms. The summed E-state index contributed by atoms with van der Waals surface area (Å²) in [5.41, 5.74) is 4.10. The second kappa shape index (κ2) is 4.00. The first-order valence-electron chi connectivity index (χ1n) is 5.73. The van der Waals surface area contributed by atoms with Crippen LogP contribution >= 0.6 is 0 Å². The van der Waals surface area contributed by atoms with Gasteiger partial charge in [-0.05, 0) is 30.0 Å². The van der Waals surface area contributed by atoms with Gasteiger partial charge in [0.15, 0.2) is 0 Å². The monoisotopic (exact) mass is 213 g/mol. The third-order valence-electron chi connectivity index (χ3n) is 3.03. The lowest BCUT2D eigenvalue weighted by Gasteiger charge is -2.18. The van der Waals surface area contributed by atoms with E-state index in [0.717, 1.165) is 13.1 Å². The number of hydrogen-bond acceptors (Lipinski definition) is 2. The highest BCUT2D eigenvalue weighted by molar-refractivity contribution is 5.54. The molecule has 1 aliphatic heterocycles. The Morgan fingerprint density at radius 3 is 3.25 bits per heavy atom. The van der Waals surface area contributed by atoms with Crippen molar-refractivity contribution in [1.82, 2.24) is 9.55 Å². The van der Waals surface area contributed by atoms with E-state index in [2.05, 4.69) is 33.1 Å². The third kappa shape index (κ3) is 1.81. The van der Waals surface area contributed by atoms with Gasteiger partial charge in [0.25, 0.3) is 0 Å². The summed E-state index contributed by atoms with van der Waals surface area (Å²) in [6.45, 7) is 2.02. The van der Waals surface area contributed by atoms with Crippen LogP contribution in [-0.2, 0) is 13.0 Å². The second-order valence-corrected chi connectivity index (χ2v) is 4.26. The van der Waals surface area contributed by atoms with Crippen LogP contribution in [-0.4, -0.2) is 16.1 Å². The fourth-order valence-corrected chi connectivity index (χ4v) is 2.22. The maximum atomic E-state index is 4.06. The van der Waals surface area contributed by atoms with Crippen molar-refractivity contribution in [1.29, 1.82) is 0 Å². The van der Waals surface area contributed by atoms with Gasteiger partial charge in [0.05, 0.1) is 6.33 Å². The summed E-state index contributed by atoms with van der Waals surface area (Å²) in [6, 6.07) is 6.69. The number of aryl methyl sites for hydroxylation is 1. The predicted molar refractivity (Wildman–Crippen MR) is 64.6 cm³/mol. The smallest absolute Gasteiger partial charge is 0.0949 e. The average Bonchev–Trinajstić information content (AvgIpc) is 2.82. The number of anilines is 1. The molecule has 0 spiro atoms. The van der Waals surface area contributed by atoms with Gasteiger partial charge in [0.2, 0.25) is 0 Å². The molecule has 3 nitrogen and oxygen atoms in total. The zero-order valence-electron chi connectivity index (χ0n) is 9.19. The van der Waals surface area contributed by atoms with Crippen LogP contribution in [0.15, 0.2) is 36.9 Å². The molecule has 3 rings (SSSR count). The van der Waals surface area contributed by atoms with Crippen molar-refractivity contribution < 1.29 is 0 Å². The molecular formula is C13H15N3. The number of hydrogen-bond donors (Lipinski definition) is 1. The molecule has 0 bridgehead atoms. The lowest BCUT2D eigenvalue weighted by Crippen LogP contribution is -2.12. The van der Waals surface area contributed by atoms with Crippen molar-refractivity contribution in [3.8, 4) is 0 Å². The molecule has 1 aromatic heterocycles. The van der Waals surface area contributed by atoms with Gasteiger partial charge in [0, 0.05) is 31.2 Å². The van der Waals surface area contributed by atoms with Crippen LogP contribution in [0.25, 0.3) is 0 Å². The first-order chi connectivity index (χ1) is 7.92. The first kappa shape index (κ1) is 9.46. The fourth-order valence-electron chi connectivity index (χ4n) is 2.22. The Bertz CT molecular complexity index is 474. The number of fused-ring (bicyclic) bond motifs is 1. The minimum atomic E-state index is 0.910. The van der Waals surface area contributed by atoms with Gasteiger partial charge in [0.1, 0.15) is 0 Å². The van der Waals surface area contributed by atoms with E-state index >= 15 is 0 Å². The Morgan fingerprint density at radius 2 is 2.38 bits per heavy atom. The number of aromatic nitrogens is 2. The van der Waals surface area contributed by atoms with Crippen LogP contribution in [0.3, 0.4) is 0 Å². The van der Waals surface area contributed by atoms with Crippen molar-refractivity contribution >= 4 is 5.69 Å². The lowest BCUT2D eigenvalue weighted by atomic mass is 10.0. The lowest BCUT2D eigenvalue weighted by molar-refractivity contribution is 0.786. The summed E-state index contributed by atoms with van der Waals surface area (Å²) in [7, 11) is 0. The Morgan fingerprint density at radius 1 is 1.38 bits per heavy atom. The number of nitrogens with zero attached hydrogens (tertiary/aromatic N) is 2. The van der Waals surface area contributed by atoms with E-state index in [1.807, 2.05) is 18.7 Å². The maximum Gasteiger partial charge on any atom is 0.0949 e. The maximum absolute atomic E-state index is 4.06. The molecule has 0 fully saturated rings. The van der Waals surface area contributed by atoms with Crippen LogP contribution in [0.1, 0.15) is 17.5 Å². The summed E-state index contributed by atoms with van der Waals surface area (Å²) >= 11 is 0. The van der Waals surface area contributed by atoms with Crippen LogP contribution in [0.4, 0.5) is 5.69 Å². The van der Waals surface area contributed by atoms with Gasteiger partial charge in [-0.1, -0.05) is 12.1 Å². The molecule has 0 unspecified atom stereocenters. The molecule has 2 aromatic rings. The molecule has 1 aliphatic rings. The van der Waals surface area contributed by atoms with E-state index < -0.39 is 0 Å². The highest BCUT2D eigenvalue weighted by atomic mass is 15.0. The molecule has 0 amide bonds. The van der Waals surface area contributed by atoms with Gasteiger partial charge in [-0.25, -0.2) is 4.98 Å². The number of nitrogens with one attached hydrogen (secondary N) is 1. The normalized spacial score (nSPS) is 14.2. The van der Waals surface area contributed by atoms with E-state index in [1.165, 1.54) is 29.7 Å². The van der Waals surface area contributed by atoms with Crippen LogP contribution in [0.2, 0.25) is 0 Å². The fraction of sp³-hybridized carbons (Fsp3) is 0.308. The van der Waals surface area contributed by atoms with Crippen molar-refractivity contribution in [3.05, 3.63) is 48.0 Å². The molecule has 82 valence electrons. The molecular weight excluding hydrogens is 198 g/mol. The summed E-state index contributed by atoms with van der Waals surface area (Å²) in [4.78, 5) is 4.06. The van der Waals surface area contributed by atoms with E-state index in [-0.39, 0.29) is 0 Å². The molecule has 0 aliphatic carbocycles. The molecule has 3 heteroatoms. The predicted octanol–water partition coefficient (Wildman–Crippen LogP) is 2.29. The van der Waals surface area contributed by atoms with Gasteiger partial charge in [-0.2, -0.15) is 0 Å². The Kier molecular flexibility index (Phi) is 2.37. The van der Waals surface area contributed by atoms with Gasteiger partial charge >= 0.3 is 0 Å². The Balaban J connectivity index is 1.86. The van der Waals surface area contributed by atoms with E-state index in [1.54, 1.807) is 0 Å². The molecule has 1 N–H and O–H groups in total. The minimum Gasteiger partial charge on any atom is -0.385 e. The summed E-state index contributed by atoms with van der Waals surface area (Å²) in [6.07, 6.45) is 8.11. The number of benzene rings is 1. The van der Waals surface area contributed by atoms with Crippen molar-refractivity contribution in [3.63, 3.8) is 0 Å². The zero-order valence-corrected chi connectivity index (χ0v) is 9.19. The standard InChI is InChI=1S/C13H15N3/c1-2-12-8-11(3-4-13(12)15-5-1)9-16-7-6-14-10-16/h3-4,6-8,10,15H,1-2,5,9H2. The average molecular weight is 213 g/mol. The van der Waals surface area contributed by atoms with Crippen molar-refractivity contribution in [2.24, 2.45) is 0 Å². The van der Waals surface area contributed by atoms with E-state index in [4.69, 9.17) is 0 Å². The molecule has 0 saturated heterocycles. The molecule has 0 atom stereocenters. The Labute approximate surface area is 95.1 Å². The Hall–Kier alpha value is -1.77. The third-order valence-corrected chi connectivity index (χ3v) is 3.03. The minimum absolute atomic E-state index is 0.910. The summed E-state index contributed by atoms with van der Waals surface area (Å²) in [5.74, 6) is 0. The topological polar surface area (TPSA) is 29.9 Å². The second-order valence-electron chi connectivity index (χ2n) is 4.26. The van der Waals surface area contributed by atoms with Crippen molar-refractivity contribution in [2.75, 3.05) is 11.9 Å². The highest BCUT2D eigenvalue weighted by Crippen LogP contribution is 2.23. The van der Waals surface area contributed by atoms with Crippen LogP contribution < -0.4 is 5.32 Å². The quantitative estimate of drug-likeness (QED) is 0.829. The largest absolute Gasteiger partial charge is 0.385 e. The van der Waals surface area contributed by atoms with Gasteiger partial charge < -0.3 is 9.88 Å². The molecule has 0 radical (unpaired) electrons. The molecule has 1 aromatic carbocycles. The SMILES string of the molecule is c1cn(Cc2ccc3c(c2)CCCN3)cn1. The number of rotatable bonds is 2. The van der Waals surface area contributed by atoms with Gasteiger partial charge in [-0.3, -0.25) is 0 Å². The highest BCUT2D eigenvalue weighted by Gasteiger charge is 2.08.